The summed E-state index contributed by atoms with van der Waals surface area (Å²) in [7, 11) is -3.82. The van der Waals surface area contributed by atoms with Crippen molar-refractivity contribution in [2.45, 2.75) is 18.4 Å². The Kier molecular flexibility index (Phi) is 6.83. The fraction of sp³-hybridized carbons (Fsp3) is 0.115. The number of hydrogen-bond donors (Lipinski definition) is 1. The van der Waals surface area contributed by atoms with Crippen molar-refractivity contribution < 1.29 is 17.9 Å². The van der Waals surface area contributed by atoms with E-state index in [1.165, 1.54) is 12.1 Å². The first-order chi connectivity index (χ1) is 18.1. The van der Waals surface area contributed by atoms with E-state index in [2.05, 4.69) is 15.3 Å². The standard InChI is InChI=1S/C26H20Cl2FN5O3S/c1-15-31-26(28)13-33(15)22-8-5-17(18-9-21(29)20(14-35)25(11-18)38(2,36)37)10-23(22)34-24(12-30-32-34)16-3-6-19(27)7-4-16/h3-13,35H,14H2,1-2H3. The summed E-state index contributed by atoms with van der Waals surface area (Å²) in [5.41, 5.74) is 3.20. The molecule has 2 aromatic heterocycles. The molecule has 5 rings (SSSR count). The van der Waals surface area contributed by atoms with Crippen molar-refractivity contribution in [1.29, 1.82) is 0 Å². The zero-order chi connectivity index (χ0) is 27.2. The van der Waals surface area contributed by atoms with Crippen LogP contribution < -0.4 is 0 Å². The Labute approximate surface area is 227 Å². The summed E-state index contributed by atoms with van der Waals surface area (Å²) in [5, 5.41) is 18.9. The average Bonchev–Trinajstić information content (AvgIpc) is 3.49. The summed E-state index contributed by atoms with van der Waals surface area (Å²) in [6.45, 7) is 1.05. The van der Waals surface area contributed by atoms with Crippen molar-refractivity contribution in [2.75, 3.05) is 6.26 Å². The van der Waals surface area contributed by atoms with E-state index in [-0.39, 0.29) is 10.5 Å². The van der Waals surface area contributed by atoms with Gasteiger partial charge in [0.15, 0.2) is 9.84 Å². The summed E-state index contributed by atoms with van der Waals surface area (Å²) in [6, 6.07) is 15.0. The molecule has 12 heteroatoms. The number of sulfone groups is 1. The smallest absolute Gasteiger partial charge is 0.176 e. The number of aliphatic hydroxyl groups excluding tert-OH is 1. The van der Waals surface area contributed by atoms with Crippen LogP contribution in [0.1, 0.15) is 11.4 Å². The first-order valence-corrected chi connectivity index (χ1v) is 13.9. The molecule has 0 saturated carbocycles. The van der Waals surface area contributed by atoms with Crippen LogP contribution in [-0.2, 0) is 16.4 Å². The van der Waals surface area contributed by atoms with Crippen LogP contribution in [0.4, 0.5) is 4.39 Å². The maximum absolute atomic E-state index is 14.9. The predicted octanol–water partition coefficient (Wildman–Crippen LogP) is 5.44. The van der Waals surface area contributed by atoms with Gasteiger partial charge in [-0.2, -0.15) is 0 Å². The van der Waals surface area contributed by atoms with Crippen molar-refractivity contribution >= 4 is 33.0 Å². The third-order valence-corrected chi connectivity index (χ3v) is 7.65. The molecule has 3 aromatic carbocycles. The summed E-state index contributed by atoms with van der Waals surface area (Å²) < 4.78 is 43.1. The molecule has 194 valence electrons. The fourth-order valence-corrected chi connectivity index (χ4v) is 5.55. The van der Waals surface area contributed by atoms with E-state index in [4.69, 9.17) is 23.2 Å². The minimum atomic E-state index is -3.82. The Balaban J connectivity index is 1.77. The largest absolute Gasteiger partial charge is 0.392 e. The number of rotatable bonds is 6. The average molecular weight is 572 g/mol. The van der Waals surface area contributed by atoms with Gasteiger partial charge in [0.25, 0.3) is 0 Å². The van der Waals surface area contributed by atoms with Crippen molar-refractivity contribution in [3.8, 4) is 33.8 Å². The fourth-order valence-electron chi connectivity index (χ4n) is 4.25. The quantitative estimate of drug-likeness (QED) is 0.291. The number of benzene rings is 3. The van der Waals surface area contributed by atoms with Gasteiger partial charge in [-0.05, 0) is 54.4 Å². The maximum Gasteiger partial charge on any atom is 0.176 e. The number of halogens is 3. The molecule has 0 aliphatic carbocycles. The summed E-state index contributed by atoms with van der Waals surface area (Å²) in [4.78, 5) is 4.00. The predicted molar refractivity (Wildman–Crippen MR) is 143 cm³/mol. The van der Waals surface area contributed by atoms with Crippen molar-refractivity contribution in [1.82, 2.24) is 24.5 Å². The van der Waals surface area contributed by atoms with Crippen LogP contribution in [-0.4, -0.2) is 44.3 Å². The molecule has 1 N–H and O–H groups in total. The zero-order valence-corrected chi connectivity index (χ0v) is 22.4. The van der Waals surface area contributed by atoms with Gasteiger partial charge in [0.1, 0.15) is 16.8 Å². The lowest BCUT2D eigenvalue weighted by Gasteiger charge is -2.16. The number of imidazole rings is 1. The number of aromatic nitrogens is 5. The molecule has 0 aliphatic rings. The highest BCUT2D eigenvalue weighted by atomic mass is 35.5. The number of nitrogens with zero attached hydrogens (tertiary/aromatic N) is 5. The molecule has 5 aromatic rings. The molecule has 0 saturated heterocycles. The third kappa shape index (κ3) is 4.83. The lowest BCUT2D eigenvalue weighted by molar-refractivity contribution is 0.272. The number of aliphatic hydroxyl groups is 1. The van der Waals surface area contributed by atoms with Gasteiger partial charge in [0.05, 0.1) is 34.8 Å². The molecule has 0 bridgehead atoms. The van der Waals surface area contributed by atoms with E-state index in [1.807, 2.05) is 12.1 Å². The molecule has 0 fully saturated rings. The van der Waals surface area contributed by atoms with Gasteiger partial charge in [-0.1, -0.05) is 46.6 Å². The molecule has 0 atom stereocenters. The lowest BCUT2D eigenvalue weighted by atomic mass is 10.0. The van der Waals surface area contributed by atoms with Crippen LogP contribution >= 0.6 is 23.2 Å². The van der Waals surface area contributed by atoms with Crippen LogP contribution in [0, 0.1) is 12.7 Å². The highest BCUT2D eigenvalue weighted by Gasteiger charge is 2.21. The van der Waals surface area contributed by atoms with Crippen molar-refractivity contribution in [3.63, 3.8) is 0 Å². The molecular formula is C26H20Cl2FN5O3S. The van der Waals surface area contributed by atoms with Crippen LogP contribution in [0.3, 0.4) is 0 Å². The highest BCUT2D eigenvalue weighted by Crippen LogP contribution is 2.34. The van der Waals surface area contributed by atoms with E-state index in [1.54, 1.807) is 58.9 Å². The maximum atomic E-state index is 14.9. The topological polar surface area (TPSA) is 103 Å². The monoisotopic (exact) mass is 571 g/mol. The second-order valence-corrected chi connectivity index (χ2v) is 11.4. The SMILES string of the molecule is Cc1nc(Cl)cn1-c1ccc(-c2cc(F)c(CO)c(S(C)(=O)=O)c2)cc1-n1nncc1-c1ccc(Cl)cc1. The third-order valence-electron chi connectivity index (χ3n) is 6.05. The first-order valence-electron chi connectivity index (χ1n) is 11.2. The van der Waals surface area contributed by atoms with Gasteiger partial charge in [-0.25, -0.2) is 22.5 Å². The van der Waals surface area contributed by atoms with Gasteiger partial charge < -0.3 is 9.67 Å². The Morgan fingerprint density at radius 1 is 0.974 bits per heavy atom. The zero-order valence-electron chi connectivity index (χ0n) is 20.1. The van der Waals surface area contributed by atoms with Gasteiger partial charge in [-0.3, -0.25) is 0 Å². The summed E-state index contributed by atoms with van der Waals surface area (Å²) in [5.74, 6) is -0.203. The van der Waals surface area contributed by atoms with E-state index in [0.29, 0.717) is 44.2 Å². The molecule has 2 heterocycles. The second kappa shape index (κ2) is 9.95. The normalized spacial score (nSPS) is 11.7. The van der Waals surface area contributed by atoms with E-state index < -0.39 is 22.3 Å². The molecule has 0 spiro atoms. The summed E-state index contributed by atoms with van der Waals surface area (Å²) in [6.07, 6.45) is 4.23. The highest BCUT2D eigenvalue weighted by molar-refractivity contribution is 7.90. The van der Waals surface area contributed by atoms with Crippen LogP contribution in [0.2, 0.25) is 10.2 Å². The van der Waals surface area contributed by atoms with Crippen molar-refractivity contribution in [3.05, 3.63) is 94.4 Å². The van der Waals surface area contributed by atoms with E-state index >= 15 is 0 Å². The molecular weight excluding hydrogens is 552 g/mol. The molecule has 38 heavy (non-hydrogen) atoms. The van der Waals surface area contributed by atoms with Gasteiger partial charge in [-0.15, -0.1) is 5.10 Å². The summed E-state index contributed by atoms with van der Waals surface area (Å²) >= 11 is 12.2. The Morgan fingerprint density at radius 3 is 2.32 bits per heavy atom. The molecule has 0 aliphatic heterocycles. The van der Waals surface area contributed by atoms with Gasteiger partial charge in [0, 0.05) is 28.6 Å². The Bertz CT molecular complexity index is 1780. The molecule has 8 nitrogen and oxygen atoms in total. The lowest BCUT2D eigenvalue weighted by Crippen LogP contribution is -2.08. The van der Waals surface area contributed by atoms with Gasteiger partial charge in [0.2, 0.25) is 0 Å². The molecule has 0 radical (unpaired) electrons. The van der Waals surface area contributed by atoms with Crippen LogP contribution in [0.5, 0.6) is 0 Å². The molecule has 0 unspecified atom stereocenters. The Hall–Kier alpha value is -3.57. The Morgan fingerprint density at radius 2 is 1.68 bits per heavy atom. The van der Waals surface area contributed by atoms with Gasteiger partial charge >= 0.3 is 0 Å². The van der Waals surface area contributed by atoms with E-state index in [9.17, 15) is 17.9 Å². The van der Waals surface area contributed by atoms with Crippen LogP contribution in [0.15, 0.2) is 71.9 Å². The first kappa shape index (κ1) is 26.1. The molecule has 0 amide bonds. The van der Waals surface area contributed by atoms with E-state index in [0.717, 1.165) is 11.8 Å². The minimum Gasteiger partial charge on any atom is -0.392 e. The minimum absolute atomic E-state index is 0.277. The van der Waals surface area contributed by atoms with Crippen LogP contribution in [0.25, 0.3) is 33.8 Å². The second-order valence-electron chi connectivity index (χ2n) is 8.59. The van der Waals surface area contributed by atoms with Crippen molar-refractivity contribution in [2.24, 2.45) is 0 Å². The number of aryl methyl sites for hydroxylation is 1. The number of hydrogen-bond acceptors (Lipinski definition) is 6.